The van der Waals surface area contributed by atoms with Crippen molar-refractivity contribution in [2.24, 2.45) is 0 Å². The minimum atomic E-state index is -0.684. The third-order valence-corrected chi connectivity index (χ3v) is 2.89. The lowest BCUT2D eigenvalue weighted by Crippen LogP contribution is -2.58. The fourth-order valence-electron chi connectivity index (χ4n) is 2.31. The lowest BCUT2D eigenvalue weighted by Gasteiger charge is -2.36. The van der Waals surface area contributed by atoms with Crippen LogP contribution in [0.2, 0.25) is 0 Å². The molecule has 0 saturated carbocycles. The molecule has 2 saturated heterocycles. The van der Waals surface area contributed by atoms with Crippen molar-refractivity contribution < 1.29 is 23.7 Å². The maximum atomic E-state index is 11.1. The van der Waals surface area contributed by atoms with Gasteiger partial charge in [0.25, 0.3) is 0 Å². The third kappa shape index (κ3) is 2.60. The van der Waals surface area contributed by atoms with E-state index in [0.717, 1.165) is 0 Å². The van der Waals surface area contributed by atoms with Crippen molar-refractivity contribution in [1.29, 1.82) is 0 Å². The summed E-state index contributed by atoms with van der Waals surface area (Å²) in [4.78, 5) is 11.1. The number of amides is 1. The molecule has 0 aliphatic carbocycles. The van der Waals surface area contributed by atoms with Gasteiger partial charge in [-0.25, -0.2) is 0 Å². The number of rotatable bonds is 2. The van der Waals surface area contributed by atoms with Crippen LogP contribution in [0, 0.1) is 0 Å². The quantitative estimate of drug-likeness (QED) is 0.742. The average Bonchev–Trinajstić information content (AvgIpc) is 2.53. The summed E-state index contributed by atoms with van der Waals surface area (Å²) in [5.41, 5.74) is 0. The maximum absolute atomic E-state index is 11.1. The van der Waals surface area contributed by atoms with Gasteiger partial charge in [-0.05, 0) is 13.8 Å². The molecular weight excluding hydrogens is 226 g/mol. The van der Waals surface area contributed by atoms with E-state index >= 15 is 0 Å². The number of hydrogen-bond donors (Lipinski definition) is 1. The Kier molecular flexibility index (Phi) is 3.40. The van der Waals surface area contributed by atoms with Crippen LogP contribution in [0.1, 0.15) is 20.8 Å². The number of nitrogens with one attached hydrogen (secondary N) is 1. The summed E-state index contributed by atoms with van der Waals surface area (Å²) in [5, 5.41) is 2.81. The van der Waals surface area contributed by atoms with Gasteiger partial charge in [-0.3, -0.25) is 4.79 Å². The molecule has 4 atom stereocenters. The molecule has 2 aliphatic rings. The van der Waals surface area contributed by atoms with Crippen LogP contribution >= 0.6 is 0 Å². The van der Waals surface area contributed by atoms with Crippen LogP contribution < -0.4 is 5.32 Å². The Bertz CT molecular complexity index is 306. The Morgan fingerprint density at radius 2 is 2.00 bits per heavy atom. The Balaban J connectivity index is 2.12. The van der Waals surface area contributed by atoms with Gasteiger partial charge in [0.05, 0.1) is 12.6 Å². The molecule has 6 heteroatoms. The first-order valence-corrected chi connectivity index (χ1v) is 5.70. The number of ether oxygens (including phenoxy) is 4. The minimum absolute atomic E-state index is 0.110. The monoisotopic (exact) mass is 245 g/mol. The van der Waals surface area contributed by atoms with E-state index in [1.54, 1.807) is 7.11 Å². The SMILES string of the molecule is CO[C@@H]1OC[C@@H](NC(C)=O)[C@H]2OC(C)(C)O[C@@H]12. The molecule has 98 valence electrons. The van der Waals surface area contributed by atoms with Gasteiger partial charge in [-0.15, -0.1) is 0 Å². The molecule has 0 aromatic carbocycles. The van der Waals surface area contributed by atoms with Crippen molar-refractivity contribution in [1.82, 2.24) is 5.32 Å². The number of carbonyl (C=O) groups is 1. The Morgan fingerprint density at radius 3 is 2.59 bits per heavy atom. The van der Waals surface area contributed by atoms with E-state index in [4.69, 9.17) is 18.9 Å². The highest BCUT2D eigenvalue weighted by Crippen LogP contribution is 2.35. The van der Waals surface area contributed by atoms with Gasteiger partial charge in [0.15, 0.2) is 12.1 Å². The number of carbonyl (C=O) groups excluding carboxylic acids is 1. The van der Waals surface area contributed by atoms with Crippen LogP contribution in [-0.2, 0) is 23.7 Å². The van der Waals surface area contributed by atoms with E-state index in [1.807, 2.05) is 13.8 Å². The van der Waals surface area contributed by atoms with E-state index < -0.39 is 12.1 Å². The van der Waals surface area contributed by atoms with E-state index in [-0.39, 0.29) is 24.2 Å². The molecule has 1 amide bonds. The standard InChI is InChI=1S/C11H19NO5/c1-6(13)12-7-5-15-10(14-4)9-8(7)16-11(2,3)17-9/h7-10H,5H2,1-4H3,(H,12,13)/t7-,8-,9-,10-/m1/s1. The predicted molar refractivity (Wildman–Crippen MR) is 58.2 cm³/mol. The Hall–Kier alpha value is -0.690. The van der Waals surface area contributed by atoms with Gasteiger partial charge in [-0.1, -0.05) is 0 Å². The highest BCUT2D eigenvalue weighted by molar-refractivity contribution is 5.73. The van der Waals surface area contributed by atoms with Gasteiger partial charge in [0, 0.05) is 14.0 Å². The molecule has 1 N–H and O–H groups in total. The predicted octanol–water partition coefficient (Wildman–Crippen LogP) is 0.0139. The lowest BCUT2D eigenvalue weighted by molar-refractivity contribution is -0.223. The molecule has 2 heterocycles. The summed E-state index contributed by atoms with van der Waals surface area (Å²) in [5.74, 6) is -0.794. The normalized spacial score (nSPS) is 39.8. The van der Waals surface area contributed by atoms with Crippen LogP contribution in [-0.4, -0.2) is 50.0 Å². The Morgan fingerprint density at radius 1 is 1.35 bits per heavy atom. The van der Waals surface area contributed by atoms with Gasteiger partial charge < -0.3 is 24.3 Å². The molecule has 0 spiro atoms. The second kappa shape index (κ2) is 4.53. The van der Waals surface area contributed by atoms with Crippen LogP contribution in [0.5, 0.6) is 0 Å². The Labute approximate surface area is 101 Å². The third-order valence-electron chi connectivity index (χ3n) is 2.89. The van der Waals surface area contributed by atoms with Crippen molar-refractivity contribution in [2.75, 3.05) is 13.7 Å². The largest absolute Gasteiger partial charge is 0.353 e. The molecule has 2 rings (SSSR count). The second-order valence-electron chi connectivity index (χ2n) is 4.81. The fourth-order valence-corrected chi connectivity index (χ4v) is 2.31. The van der Waals surface area contributed by atoms with Crippen molar-refractivity contribution in [3.05, 3.63) is 0 Å². The molecule has 0 aromatic rings. The highest BCUT2D eigenvalue weighted by atomic mass is 16.8. The zero-order chi connectivity index (χ0) is 12.6. The zero-order valence-electron chi connectivity index (χ0n) is 10.6. The van der Waals surface area contributed by atoms with Crippen LogP contribution in [0.15, 0.2) is 0 Å². The van der Waals surface area contributed by atoms with Crippen molar-refractivity contribution >= 4 is 5.91 Å². The second-order valence-corrected chi connectivity index (χ2v) is 4.81. The first-order valence-electron chi connectivity index (χ1n) is 5.70. The molecular formula is C11H19NO5. The zero-order valence-corrected chi connectivity index (χ0v) is 10.6. The minimum Gasteiger partial charge on any atom is -0.353 e. The van der Waals surface area contributed by atoms with Gasteiger partial charge >= 0.3 is 0 Å². The molecule has 17 heavy (non-hydrogen) atoms. The first-order chi connectivity index (χ1) is 7.93. The lowest BCUT2D eigenvalue weighted by atomic mass is 10.0. The smallest absolute Gasteiger partial charge is 0.217 e. The number of hydrogen-bond acceptors (Lipinski definition) is 5. The van der Waals surface area contributed by atoms with Gasteiger partial charge in [0.2, 0.25) is 5.91 Å². The number of methoxy groups -OCH3 is 1. The van der Waals surface area contributed by atoms with Crippen molar-refractivity contribution in [2.45, 2.75) is 51.1 Å². The molecule has 0 aromatic heterocycles. The molecule has 0 bridgehead atoms. The van der Waals surface area contributed by atoms with Crippen molar-refractivity contribution in [3.8, 4) is 0 Å². The molecule has 0 radical (unpaired) electrons. The molecule has 2 aliphatic heterocycles. The number of fused-ring (bicyclic) bond motifs is 1. The summed E-state index contributed by atoms with van der Waals surface area (Å²) in [6.45, 7) is 5.50. The van der Waals surface area contributed by atoms with Gasteiger partial charge in [0.1, 0.15) is 12.2 Å². The maximum Gasteiger partial charge on any atom is 0.217 e. The molecule has 6 nitrogen and oxygen atoms in total. The summed E-state index contributed by atoms with van der Waals surface area (Å²) in [6.07, 6.45) is -1.01. The average molecular weight is 245 g/mol. The molecule has 0 unspecified atom stereocenters. The van der Waals surface area contributed by atoms with Crippen LogP contribution in [0.3, 0.4) is 0 Å². The summed E-state index contributed by atoms with van der Waals surface area (Å²) in [7, 11) is 1.56. The van der Waals surface area contributed by atoms with E-state index in [0.29, 0.717) is 6.61 Å². The summed E-state index contributed by atoms with van der Waals surface area (Å²) in [6, 6.07) is -0.203. The first kappa shape index (κ1) is 12.8. The van der Waals surface area contributed by atoms with E-state index in [2.05, 4.69) is 5.32 Å². The van der Waals surface area contributed by atoms with Gasteiger partial charge in [-0.2, -0.15) is 0 Å². The highest BCUT2D eigenvalue weighted by Gasteiger charge is 2.52. The van der Waals surface area contributed by atoms with Crippen molar-refractivity contribution in [3.63, 3.8) is 0 Å². The topological polar surface area (TPSA) is 66.0 Å². The van der Waals surface area contributed by atoms with Crippen LogP contribution in [0.25, 0.3) is 0 Å². The van der Waals surface area contributed by atoms with E-state index in [9.17, 15) is 4.79 Å². The fraction of sp³-hybridized carbons (Fsp3) is 0.909. The molecule has 2 fully saturated rings. The van der Waals surface area contributed by atoms with E-state index in [1.165, 1.54) is 6.92 Å². The summed E-state index contributed by atoms with van der Waals surface area (Å²) >= 11 is 0. The van der Waals surface area contributed by atoms with Crippen LogP contribution in [0.4, 0.5) is 0 Å². The summed E-state index contributed by atoms with van der Waals surface area (Å²) < 4.78 is 22.3.